The third-order valence-electron chi connectivity index (χ3n) is 10.5. The van der Waals surface area contributed by atoms with E-state index in [1.807, 2.05) is 48.8 Å². The molecule has 11 aromatic rings. The molecule has 0 aliphatic carbocycles. The van der Waals surface area contributed by atoms with Crippen LogP contribution in [-0.2, 0) is 0 Å². The maximum absolute atomic E-state index is 5.09. The molecular weight excluding hydrogens is 633 g/mol. The van der Waals surface area contributed by atoms with Crippen molar-refractivity contribution in [2.75, 3.05) is 0 Å². The highest BCUT2D eigenvalue weighted by Gasteiger charge is 2.18. The highest BCUT2D eigenvalue weighted by molar-refractivity contribution is 6.37. The van der Waals surface area contributed by atoms with Crippen molar-refractivity contribution in [1.82, 2.24) is 19.9 Å². The Morgan fingerprint density at radius 2 is 0.808 bits per heavy atom. The first-order valence-electron chi connectivity index (χ1n) is 17.5. The van der Waals surface area contributed by atoms with Crippen LogP contribution in [-0.4, -0.2) is 19.9 Å². The minimum atomic E-state index is 0.534. The Balaban J connectivity index is 1.12. The molecule has 0 amide bonds. The molecule has 0 fully saturated rings. The summed E-state index contributed by atoms with van der Waals surface area (Å²) in [6, 6.07) is 54.1. The third kappa shape index (κ3) is 4.34. The van der Waals surface area contributed by atoms with Crippen LogP contribution in [0.4, 0.5) is 0 Å². The van der Waals surface area contributed by atoms with E-state index in [0.717, 1.165) is 33.6 Å². The smallest absolute Gasteiger partial charge is 0.179 e. The lowest BCUT2D eigenvalue weighted by Crippen LogP contribution is -1.98. The van der Waals surface area contributed by atoms with Crippen LogP contribution in [0, 0.1) is 0 Å². The van der Waals surface area contributed by atoms with Crippen LogP contribution in [0.25, 0.3) is 110 Å². The highest BCUT2D eigenvalue weighted by atomic mass is 14.9. The Labute approximate surface area is 299 Å². The molecule has 240 valence electrons. The Kier molecular flexibility index (Phi) is 6.22. The first-order valence-corrected chi connectivity index (χ1v) is 17.5. The van der Waals surface area contributed by atoms with Crippen LogP contribution in [0.5, 0.6) is 0 Å². The van der Waals surface area contributed by atoms with Gasteiger partial charge in [-0.1, -0.05) is 140 Å². The SMILES string of the molecule is c1ccc(-c2ncc(-c3ncc(-c4cc5ccc6cccc7c8cccc9ccc%10cccc(c(c4)c5c67)c%10c98)cn3)nc2-c2ccccc2)cc1. The van der Waals surface area contributed by atoms with E-state index in [1.165, 1.54) is 64.6 Å². The van der Waals surface area contributed by atoms with E-state index < -0.39 is 0 Å². The van der Waals surface area contributed by atoms with Crippen LogP contribution in [0.15, 0.2) is 170 Å². The quantitative estimate of drug-likeness (QED) is 0.176. The van der Waals surface area contributed by atoms with Crippen molar-refractivity contribution in [2.45, 2.75) is 0 Å². The molecule has 4 heteroatoms. The Morgan fingerprint density at radius 3 is 1.38 bits per heavy atom. The molecular formula is C48H28N4. The van der Waals surface area contributed by atoms with Gasteiger partial charge in [-0.25, -0.2) is 15.0 Å². The summed E-state index contributed by atoms with van der Waals surface area (Å²) in [5, 5.41) is 15.1. The zero-order valence-electron chi connectivity index (χ0n) is 28.0. The van der Waals surface area contributed by atoms with E-state index in [1.54, 1.807) is 6.20 Å². The predicted molar refractivity (Wildman–Crippen MR) is 216 cm³/mol. The van der Waals surface area contributed by atoms with Gasteiger partial charge in [0.25, 0.3) is 0 Å². The molecule has 0 aliphatic heterocycles. The maximum Gasteiger partial charge on any atom is 0.179 e. The lowest BCUT2D eigenvalue weighted by Gasteiger charge is -2.17. The normalized spacial score (nSPS) is 11.8. The minimum absolute atomic E-state index is 0.534. The van der Waals surface area contributed by atoms with Gasteiger partial charge in [-0.2, -0.15) is 0 Å². The zero-order chi connectivity index (χ0) is 34.2. The molecule has 0 radical (unpaired) electrons. The number of benzene rings is 8. The fraction of sp³-hybridized carbons (Fsp3) is 0. The molecule has 0 bridgehead atoms. The summed E-state index contributed by atoms with van der Waals surface area (Å²) in [5.74, 6) is 0.534. The Bertz CT molecular complexity index is 3150. The average Bonchev–Trinajstić information content (AvgIpc) is 3.22. The standard InChI is InChI=1S/C48H28N4/c1-3-10-32(11-4-1)46-47(33-12-5-2-6-13-33)52-41(28-49-46)48-50-26-36(27-51-48)35-24-34-23-22-31-15-8-18-38-37-17-7-14-29-20-21-30-16-9-19-39(44(30)42(29)37)40(25-35)45(34)43(31)38/h1-28H. The van der Waals surface area contributed by atoms with Gasteiger partial charge in [-0.3, -0.25) is 4.98 Å². The fourth-order valence-corrected chi connectivity index (χ4v) is 8.16. The summed E-state index contributed by atoms with van der Waals surface area (Å²) in [4.78, 5) is 19.7. The molecule has 0 unspecified atom stereocenters. The Hall–Kier alpha value is -7.04. The lowest BCUT2D eigenvalue weighted by atomic mass is 9.87. The van der Waals surface area contributed by atoms with Crippen LogP contribution in [0.3, 0.4) is 0 Å². The number of nitrogens with zero attached hydrogens (tertiary/aromatic N) is 4. The molecule has 0 N–H and O–H groups in total. The molecule has 11 rings (SSSR count). The summed E-state index contributed by atoms with van der Waals surface area (Å²) in [6.45, 7) is 0. The van der Waals surface area contributed by atoms with Gasteiger partial charge in [0.05, 0.1) is 17.6 Å². The summed E-state index contributed by atoms with van der Waals surface area (Å²) in [7, 11) is 0. The van der Waals surface area contributed by atoms with Crippen molar-refractivity contribution in [2.24, 2.45) is 0 Å². The summed E-state index contributed by atoms with van der Waals surface area (Å²) in [6.07, 6.45) is 5.60. The number of rotatable bonds is 4. The largest absolute Gasteiger partial charge is 0.252 e. The molecule has 0 saturated heterocycles. The first-order chi connectivity index (χ1) is 25.8. The van der Waals surface area contributed by atoms with E-state index in [2.05, 4.69) is 115 Å². The molecule has 0 aliphatic rings. The van der Waals surface area contributed by atoms with E-state index in [4.69, 9.17) is 19.9 Å². The Morgan fingerprint density at radius 1 is 0.308 bits per heavy atom. The van der Waals surface area contributed by atoms with Crippen LogP contribution >= 0.6 is 0 Å². The molecule has 0 spiro atoms. The number of fused-ring (bicyclic) bond motifs is 2. The van der Waals surface area contributed by atoms with E-state index >= 15 is 0 Å². The van der Waals surface area contributed by atoms with E-state index in [0.29, 0.717) is 11.5 Å². The number of hydrogen-bond donors (Lipinski definition) is 0. The molecule has 9 aromatic carbocycles. The minimum Gasteiger partial charge on any atom is -0.252 e. The molecule has 4 nitrogen and oxygen atoms in total. The van der Waals surface area contributed by atoms with Crippen molar-refractivity contribution < 1.29 is 0 Å². The molecule has 0 atom stereocenters. The summed E-state index contributed by atoms with van der Waals surface area (Å²) >= 11 is 0. The molecule has 2 heterocycles. The van der Waals surface area contributed by atoms with Gasteiger partial charge in [-0.05, 0) is 82.3 Å². The van der Waals surface area contributed by atoms with Crippen molar-refractivity contribution in [3.05, 3.63) is 170 Å². The number of hydrogen-bond acceptors (Lipinski definition) is 4. The van der Waals surface area contributed by atoms with Gasteiger partial charge in [0, 0.05) is 29.1 Å². The second-order valence-corrected chi connectivity index (χ2v) is 13.4. The van der Waals surface area contributed by atoms with Gasteiger partial charge in [0.15, 0.2) is 5.82 Å². The zero-order valence-corrected chi connectivity index (χ0v) is 28.0. The van der Waals surface area contributed by atoms with Gasteiger partial charge in [0.2, 0.25) is 0 Å². The van der Waals surface area contributed by atoms with Crippen molar-refractivity contribution in [1.29, 1.82) is 0 Å². The van der Waals surface area contributed by atoms with Crippen molar-refractivity contribution >= 4 is 64.6 Å². The van der Waals surface area contributed by atoms with Gasteiger partial charge in [-0.15, -0.1) is 0 Å². The predicted octanol–water partition coefficient (Wildman–Crippen LogP) is 12.3. The van der Waals surface area contributed by atoms with Gasteiger partial charge >= 0.3 is 0 Å². The maximum atomic E-state index is 5.09. The van der Waals surface area contributed by atoms with E-state index in [9.17, 15) is 0 Å². The second-order valence-electron chi connectivity index (χ2n) is 13.4. The molecule has 52 heavy (non-hydrogen) atoms. The van der Waals surface area contributed by atoms with E-state index in [-0.39, 0.29) is 0 Å². The average molecular weight is 661 g/mol. The third-order valence-corrected chi connectivity index (χ3v) is 10.5. The summed E-state index contributed by atoms with van der Waals surface area (Å²) < 4.78 is 0. The van der Waals surface area contributed by atoms with Crippen molar-refractivity contribution in [3.63, 3.8) is 0 Å². The molecule has 0 saturated carbocycles. The monoisotopic (exact) mass is 660 g/mol. The van der Waals surface area contributed by atoms with Gasteiger partial charge in [0.1, 0.15) is 5.69 Å². The second kappa shape index (κ2) is 11.2. The first kappa shape index (κ1) is 28.8. The van der Waals surface area contributed by atoms with Crippen LogP contribution in [0.1, 0.15) is 0 Å². The fourth-order valence-electron chi connectivity index (χ4n) is 8.16. The molecule has 2 aromatic heterocycles. The van der Waals surface area contributed by atoms with Crippen LogP contribution in [0.2, 0.25) is 0 Å². The van der Waals surface area contributed by atoms with Crippen LogP contribution < -0.4 is 0 Å². The number of aromatic nitrogens is 4. The topological polar surface area (TPSA) is 51.6 Å². The lowest BCUT2D eigenvalue weighted by molar-refractivity contribution is 1.12. The summed E-state index contributed by atoms with van der Waals surface area (Å²) in [5.41, 5.74) is 6.28. The van der Waals surface area contributed by atoms with Crippen molar-refractivity contribution in [3.8, 4) is 45.2 Å². The van der Waals surface area contributed by atoms with Gasteiger partial charge < -0.3 is 0 Å². The highest BCUT2D eigenvalue weighted by Crippen LogP contribution is 2.44.